The van der Waals surface area contributed by atoms with Gasteiger partial charge in [-0.25, -0.2) is 0 Å². The molecule has 0 fully saturated rings. The molecule has 1 rings (SSSR count). The van der Waals surface area contributed by atoms with Crippen LogP contribution in [0.15, 0.2) is 23.2 Å². The number of hydrogen-bond donors (Lipinski definition) is 3. The average molecular weight is 478 g/mol. The van der Waals surface area contributed by atoms with E-state index in [1.807, 2.05) is 39.0 Å². The average Bonchev–Trinajstić information content (AvgIpc) is 2.63. The number of nitrogens with one attached hydrogen (secondary N) is 3. The predicted octanol–water partition coefficient (Wildman–Crippen LogP) is 2.32. The van der Waals surface area contributed by atoms with E-state index in [0.29, 0.717) is 12.5 Å². The predicted molar refractivity (Wildman–Crippen MR) is 116 cm³/mol. The van der Waals surface area contributed by atoms with Gasteiger partial charge in [-0.2, -0.15) is 0 Å². The zero-order chi connectivity index (χ0) is 19.0. The third kappa shape index (κ3) is 6.54. The number of rotatable bonds is 7. The summed E-state index contributed by atoms with van der Waals surface area (Å²) in [6, 6.07) is 5.59. The summed E-state index contributed by atoms with van der Waals surface area (Å²) in [4.78, 5) is 16.1. The second kappa shape index (κ2) is 11.1. The lowest BCUT2D eigenvalue weighted by Gasteiger charge is -2.26. The Hall–Kier alpha value is -1.71. The van der Waals surface area contributed by atoms with Gasteiger partial charge in [-0.15, -0.1) is 24.0 Å². The Morgan fingerprint density at radius 3 is 2.42 bits per heavy atom. The van der Waals surface area contributed by atoms with E-state index in [-0.39, 0.29) is 35.9 Å². The first-order chi connectivity index (χ1) is 11.8. The van der Waals surface area contributed by atoms with Crippen LogP contribution in [0.5, 0.6) is 11.5 Å². The van der Waals surface area contributed by atoms with E-state index < -0.39 is 5.41 Å². The van der Waals surface area contributed by atoms with Crippen molar-refractivity contribution < 1.29 is 14.3 Å². The van der Waals surface area contributed by atoms with E-state index in [1.165, 1.54) is 0 Å². The summed E-state index contributed by atoms with van der Waals surface area (Å²) >= 11 is 0. The van der Waals surface area contributed by atoms with Crippen molar-refractivity contribution in [3.8, 4) is 11.5 Å². The Kier molecular flexibility index (Phi) is 10.4. The van der Waals surface area contributed by atoms with Crippen LogP contribution in [0.25, 0.3) is 0 Å². The maximum atomic E-state index is 11.9. The van der Waals surface area contributed by atoms with Crippen molar-refractivity contribution in [3.63, 3.8) is 0 Å². The molecule has 1 aromatic carbocycles. The molecular formula is C18H31IN4O3. The van der Waals surface area contributed by atoms with Gasteiger partial charge in [0.2, 0.25) is 5.91 Å². The SMILES string of the molecule is CN=C(NCC(C)(C)C(=O)NC)NC(C)c1cc(OC)ccc1OC.I. The van der Waals surface area contributed by atoms with Crippen molar-refractivity contribution in [2.75, 3.05) is 34.9 Å². The molecular weight excluding hydrogens is 447 g/mol. The van der Waals surface area contributed by atoms with E-state index in [4.69, 9.17) is 9.47 Å². The Morgan fingerprint density at radius 2 is 1.92 bits per heavy atom. The molecule has 1 aromatic rings. The lowest BCUT2D eigenvalue weighted by molar-refractivity contribution is -0.128. The highest BCUT2D eigenvalue weighted by Crippen LogP contribution is 2.29. The molecule has 0 saturated heterocycles. The van der Waals surface area contributed by atoms with Gasteiger partial charge >= 0.3 is 0 Å². The summed E-state index contributed by atoms with van der Waals surface area (Å²) < 4.78 is 10.7. The molecule has 0 aliphatic heterocycles. The summed E-state index contributed by atoms with van der Waals surface area (Å²) in [5.41, 5.74) is 0.402. The molecule has 0 aliphatic carbocycles. The smallest absolute Gasteiger partial charge is 0.227 e. The van der Waals surface area contributed by atoms with E-state index in [2.05, 4.69) is 20.9 Å². The molecule has 0 aromatic heterocycles. The van der Waals surface area contributed by atoms with Gasteiger partial charge in [0.05, 0.1) is 25.7 Å². The number of guanidine groups is 1. The number of hydrogen-bond acceptors (Lipinski definition) is 4. The largest absolute Gasteiger partial charge is 0.497 e. The number of benzene rings is 1. The Morgan fingerprint density at radius 1 is 1.27 bits per heavy atom. The lowest BCUT2D eigenvalue weighted by Crippen LogP contribution is -2.47. The van der Waals surface area contributed by atoms with E-state index >= 15 is 0 Å². The van der Waals surface area contributed by atoms with Crippen LogP contribution in [0.4, 0.5) is 0 Å². The van der Waals surface area contributed by atoms with Crippen LogP contribution in [0.2, 0.25) is 0 Å². The third-order valence-corrected chi connectivity index (χ3v) is 4.02. The fourth-order valence-corrected chi connectivity index (χ4v) is 2.38. The fourth-order valence-electron chi connectivity index (χ4n) is 2.38. The molecule has 7 nitrogen and oxygen atoms in total. The highest BCUT2D eigenvalue weighted by atomic mass is 127. The van der Waals surface area contributed by atoms with Gasteiger partial charge < -0.3 is 25.4 Å². The zero-order valence-electron chi connectivity index (χ0n) is 16.6. The van der Waals surface area contributed by atoms with Crippen molar-refractivity contribution in [1.29, 1.82) is 0 Å². The molecule has 148 valence electrons. The van der Waals surface area contributed by atoms with Gasteiger partial charge in [-0.05, 0) is 39.0 Å². The molecule has 0 radical (unpaired) electrons. The molecule has 0 aliphatic rings. The van der Waals surface area contributed by atoms with Crippen LogP contribution in [0.1, 0.15) is 32.4 Å². The standard InChI is InChI=1S/C18H30N4O3.HI/c1-12(14-10-13(24-6)8-9-15(14)25-7)22-17(20-5)21-11-18(2,3)16(23)19-4;/h8-10,12H,11H2,1-7H3,(H,19,23)(H2,20,21,22);1H. The molecule has 0 saturated carbocycles. The molecule has 26 heavy (non-hydrogen) atoms. The number of aliphatic imine (C=N–C) groups is 1. The first-order valence-corrected chi connectivity index (χ1v) is 8.20. The molecule has 8 heteroatoms. The van der Waals surface area contributed by atoms with E-state index in [1.54, 1.807) is 28.3 Å². The van der Waals surface area contributed by atoms with Crippen molar-refractivity contribution in [2.45, 2.75) is 26.8 Å². The molecule has 1 atom stereocenters. The van der Waals surface area contributed by atoms with Crippen molar-refractivity contribution in [3.05, 3.63) is 23.8 Å². The van der Waals surface area contributed by atoms with Crippen LogP contribution >= 0.6 is 24.0 Å². The first-order valence-electron chi connectivity index (χ1n) is 8.20. The molecule has 0 heterocycles. The topological polar surface area (TPSA) is 84.0 Å². The Labute approximate surface area is 173 Å². The maximum Gasteiger partial charge on any atom is 0.227 e. The normalized spacial score (nSPS) is 12.5. The summed E-state index contributed by atoms with van der Waals surface area (Å²) in [7, 11) is 6.59. The monoisotopic (exact) mass is 478 g/mol. The second-order valence-electron chi connectivity index (χ2n) is 6.36. The quantitative estimate of drug-likeness (QED) is 0.318. The number of halogens is 1. The zero-order valence-corrected chi connectivity index (χ0v) is 18.9. The van der Waals surface area contributed by atoms with Gasteiger partial charge in [-0.1, -0.05) is 0 Å². The number of amides is 1. The van der Waals surface area contributed by atoms with Crippen molar-refractivity contribution in [1.82, 2.24) is 16.0 Å². The molecule has 1 amide bonds. The lowest BCUT2D eigenvalue weighted by atomic mass is 9.92. The van der Waals surface area contributed by atoms with Crippen molar-refractivity contribution in [2.24, 2.45) is 10.4 Å². The molecule has 3 N–H and O–H groups in total. The van der Waals surface area contributed by atoms with Crippen LogP contribution in [0.3, 0.4) is 0 Å². The van der Waals surface area contributed by atoms with Gasteiger partial charge in [0, 0.05) is 26.2 Å². The summed E-state index contributed by atoms with van der Waals surface area (Å²) in [5.74, 6) is 2.10. The summed E-state index contributed by atoms with van der Waals surface area (Å²) in [5, 5.41) is 9.18. The number of ether oxygens (including phenoxy) is 2. The van der Waals surface area contributed by atoms with E-state index in [9.17, 15) is 4.79 Å². The Bertz CT molecular complexity index is 620. The Balaban J connectivity index is 0.00000625. The molecule has 0 spiro atoms. The van der Waals surface area contributed by atoms with Crippen LogP contribution in [-0.4, -0.2) is 46.7 Å². The number of carbonyl (C=O) groups excluding carboxylic acids is 1. The minimum absolute atomic E-state index is 0. The highest BCUT2D eigenvalue weighted by molar-refractivity contribution is 14.0. The van der Waals surface area contributed by atoms with Crippen molar-refractivity contribution >= 4 is 35.8 Å². The minimum atomic E-state index is -0.552. The number of nitrogens with zero attached hydrogens (tertiary/aromatic N) is 1. The van der Waals surface area contributed by atoms with Gasteiger partial charge in [0.1, 0.15) is 11.5 Å². The van der Waals surface area contributed by atoms with Crippen LogP contribution in [-0.2, 0) is 4.79 Å². The minimum Gasteiger partial charge on any atom is -0.497 e. The first kappa shape index (κ1) is 24.3. The van der Waals surface area contributed by atoms with E-state index in [0.717, 1.165) is 17.1 Å². The molecule has 1 unspecified atom stereocenters. The second-order valence-corrected chi connectivity index (χ2v) is 6.36. The van der Waals surface area contributed by atoms with Crippen LogP contribution < -0.4 is 25.4 Å². The van der Waals surface area contributed by atoms with Crippen LogP contribution in [0, 0.1) is 5.41 Å². The third-order valence-electron chi connectivity index (χ3n) is 4.02. The van der Waals surface area contributed by atoms with Gasteiger partial charge in [0.25, 0.3) is 0 Å². The molecule has 0 bridgehead atoms. The summed E-state index contributed by atoms with van der Waals surface area (Å²) in [6.07, 6.45) is 0. The number of methoxy groups -OCH3 is 2. The van der Waals surface area contributed by atoms with Gasteiger partial charge in [-0.3, -0.25) is 9.79 Å². The number of carbonyl (C=O) groups is 1. The maximum absolute atomic E-state index is 11.9. The highest BCUT2D eigenvalue weighted by Gasteiger charge is 2.27. The fraction of sp³-hybridized carbons (Fsp3) is 0.556. The van der Waals surface area contributed by atoms with Gasteiger partial charge in [0.15, 0.2) is 5.96 Å². The summed E-state index contributed by atoms with van der Waals surface area (Å²) in [6.45, 7) is 6.21.